The van der Waals surface area contributed by atoms with Crippen molar-refractivity contribution in [1.82, 2.24) is 0 Å². The molecule has 1 aliphatic carbocycles. The lowest BCUT2D eigenvalue weighted by Crippen LogP contribution is -2.33. The molecule has 114 valence electrons. The van der Waals surface area contributed by atoms with Gasteiger partial charge in [-0.05, 0) is 29.4 Å². The molecule has 3 unspecified atom stereocenters. The van der Waals surface area contributed by atoms with E-state index in [1.54, 1.807) is 7.11 Å². The van der Waals surface area contributed by atoms with Gasteiger partial charge in [0.25, 0.3) is 0 Å². The molecular weight excluding hydrogens is 254 g/mol. The van der Waals surface area contributed by atoms with Crippen molar-refractivity contribution in [2.75, 3.05) is 14.2 Å². The second-order valence-corrected chi connectivity index (χ2v) is 6.02. The molecule has 0 aliphatic heterocycles. The second-order valence-electron chi connectivity index (χ2n) is 6.02. The Hall–Kier alpha value is -1.16. The van der Waals surface area contributed by atoms with Crippen molar-refractivity contribution < 1.29 is 14.3 Å². The number of rotatable bonds is 8. The fraction of sp³-hybridized carbons (Fsp3) is 0.750. The first kappa shape index (κ1) is 16.9. The number of esters is 1. The van der Waals surface area contributed by atoms with Crippen LogP contribution in [0.15, 0.2) is 12.7 Å². The van der Waals surface area contributed by atoms with Crippen LogP contribution < -0.4 is 0 Å². The van der Waals surface area contributed by atoms with Gasteiger partial charge in [0.1, 0.15) is 0 Å². The maximum absolute atomic E-state index is 11.5. The molecule has 4 nitrogen and oxygen atoms in total. The summed E-state index contributed by atoms with van der Waals surface area (Å²) in [4.78, 5) is 11.5. The van der Waals surface area contributed by atoms with Crippen LogP contribution >= 0.6 is 0 Å². The number of allylic oxidation sites excluding steroid dienone is 1. The molecule has 1 saturated carbocycles. The van der Waals surface area contributed by atoms with Crippen molar-refractivity contribution in [3.8, 4) is 0 Å². The zero-order valence-corrected chi connectivity index (χ0v) is 13.2. The largest absolute Gasteiger partial charge is 0.469 e. The van der Waals surface area contributed by atoms with E-state index in [1.807, 2.05) is 6.08 Å². The van der Waals surface area contributed by atoms with Crippen LogP contribution in [-0.2, 0) is 14.3 Å². The molecule has 0 amide bonds. The number of carbonyl (C=O) groups is 1. The van der Waals surface area contributed by atoms with Crippen LogP contribution in [0.3, 0.4) is 0 Å². The average molecular weight is 281 g/mol. The third kappa shape index (κ3) is 2.80. The highest BCUT2D eigenvalue weighted by Crippen LogP contribution is 2.64. The van der Waals surface area contributed by atoms with Gasteiger partial charge in [0.05, 0.1) is 19.6 Å². The van der Waals surface area contributed by atoms with Gasteiger partial charge >= 0.3 is 5.97 Å². The smallest absolute Gasteiger partial charge is 0.308 e. The summed E-state index contributed by atoms with van der Waals surface area (Å²) < 4.78 is 10.2. The average Bonchev–Trinajstić information content (AvgIpc) is 3.07. The minimum absolute atomic E-state index is 0.0375. The molecule has 4 heteroatoms. The molecule has 6 atom stereocenters. The first-order valence-corrected chi connectivity index (χ1v) is 7.11. The maximum atomic E-state index is 11.5. The lowest BCUT2D eigenvalue weighted by atomic mass is 9.76. The number of hydrogen-bond acceptors (Lipinski definition) is 4. The van der Waals surface area contributed by atoms with E-state index in [9.17, 15) is 4.79 Å². The topological polar surface area (TPSA) is 59.4 Å². The summed E-state index contributed by atoms with van der Waals surface area (Å²) in [6.45, 7) is 10.3. The van der Waals surface area contributed by atoms with Crippen LogP contribution in [0.5, 0.6) is 0 Å². The third-order valence-corrected chi connectivity index (χ3v) is 5.40. The minimum atomic E-state index is -0.249. The first-order valence-electron chi connectivity index (χ1n) is 7.11. The molecule has 1 rings (SSSR count). The van der Waals surface area contributed by atoms with Crippen LogP contribution in [0, 0.1) is 34.5 Å². The van der Waals surface area contributed by atoms with Gasteiger partial charge in [-0.3, -0.25) is 4.79 Å². The fourth-order valence-electron chi connectivity index (χ4n) is 3.51. The molecule has 20 heavy (non-hydrogen) atoms. The molecule has 1 aliphatic rings. The molecule has 0 aromatic rings. The molecule has 0 saturated heterocycles. The molecule has 0 bridgehead atoms. The van der Waals surface area contributed by atoms with E-state index in [0.29, 0.717) is 11.8 Å². The predicted molar refractivity (Wildman–Crippen MR) is 79.8 cm³/mol. The van der Waals surface area contributed by atoms with E-state index in [4.69, 9.17) is 14.9 Å². The number of hydrogen-bond donors (Lipinski definition) is 1. The Morgan fingerprint density at radius 1 is 1.40 bits per heavy atom. The summed E-state index contributed by atoms with van der Waals surface area (Å²) in [6.07, 6.45) is 3.58. The lowest BCUT2D eigenvalue weighted by Gasteiger charge is -2.32. The van der Waals surface area contributed by atoms with Crippen molar-refractivity contribution >= 4 is 12.2 Å². The van der Waals surface area contributed by atoms with Gasteiger partial charge in [0.15, 0.2) is 0 Å². The summed E-state index contributed by atoms with van der Waals surface area (Å²) in [6, 6.07) is 0. The monoisotopic (exact) mass is 281 g/mol. The number of methoxy groups -OCH3 is 2. The zero-order valence-electron chi connectivity index (χ0n) is 13.2. The van der Waals surface area contributed by atoms with Crippen LogP contribution in [0.1, 0.15) is 27.2 Å². The van der Waals surface area contributed by atoms with Crippen LogP contribution in [-0.4, -0.2) is 32.5 Å². The summed E-state index contributed by atoms with van der Waals surface area (Å²) in [7, 11) is 3.02. The summed E-state index contributed by atoms with van der Waals surface area (Å²) >= 11 is 0. The van der Waals surface area contributed by atoms with Crippen LogP contribution in [0.2, 0.25) is 0 Å². The van der Waals surface area contributed by atoms with Crippen LogP contribution in [0.4, 0.5) is 0 Å². The number of ether oxygens (including phenoxy) is 2. The van der Waals surface area contributed by atoms with E-state index in [0.717, 1.165) is 0 Å². The molecule has 0 heterocycles. The van der Waals surface area contributed by atoms with E-state index < -0.39 is 0 Å². The summed E-state index contributed by atoms with van der Waals surface area (Å²) in [5.74, 6) is 0.866. The molecular formula is C16H27NO3. The standard InChI is InChI=1S/C16H27NO3/c1-7-12-13(9-17)16(12,4)11(3)10(2)14(19-5)8-15(18)20-6/h7,9-14,17H,1,8H2,2-6H3/t10-,11-,12?,13?,14-,16?/m1/s1. The third-order valence-electron chi connectivity index (χ3n) is 5.40. The van der Waals surface area contributed by atoms with E-state index in [-0.39, 0.29) is 35.7 Å². The Labute approximate surface area is 122 Å². The van der Waals surface area contributed by atoms with Gasteiger partial charge in [-0.25, -0.2) is 0 Å². The van der Waals surface area contributed by atoms with E-state index in [1.165, 1.54) is 13.3 Å². The first-order chi connectivity index (χ1) is 9.38. The van der Waals surface area contributed by atoms with Crippen molar-refractivity contribution in [3.05, 3.63) is 12.7 Å². The quantitative estimate of drug-likeness (QED) is 0.423. The minimum Gasteiger partial charge on any atom is -0.469 e. The van der Waals surface area contributed by atoms with Gasteiger partial charge in [-0.1, -0.05) is 26.8 Å². The molecule has 1 N–H and O–H groups in total. The van der Waals surface area contributed by atoms with Gasteiger partial charge in [-0.2, -0.15) is 0 Å². The van der Waals surface area contributed by atoms with Crippen molar-refractivity contribution in [3.63, 3.8) is 0 Å². The number of carbonyl (C=O) groups excluding carboxylic acids is 1. The number of nitrogens with one attached hydrogen (secondary N) is 1. The SMILES string of the molecule is C=CC1C(C=N)C1(C)[C@H](C)[C@@H](C)[C@@H](CC(=O)OC)OC. The normalized spacial score (nSPS) is 32.9. The van der Waals surface area contributed by atoms with E-state index in [2.05, 4.69) is 27.4 Å². The zero-order chi connectivity index (χ0) is 15.5. The Morgan fingerprint density at radius 2 is 2.00 bits per heavy atom. The van der Waals surface area contributed by atoms with E-state index >= 15 is 0 Å². The highest BCUT2D eigenvalue weighted by atomic mass is 16.5. The molecule has 1 fully saturated rings. The highest BCUT2D eigenvalue weighted by Gasteiger charge is 2.62. The van der Waals surface area contributed by atoms with Gasteiger partial charge in [0, 0.05) is 13.0 Å². The van der Waals surface area contributed by atoms with Crippen molar-refractivity contribution in [2.45, 2.75) is 33.3 Å². The van der Waals surface area contributed by atoms with Crippen molar-refractivity contribution in [2.24, 2.45) is 29.1 Å². The Balaban J connectivity index is 2.79. The fourth-order valence-corrected chi connectivity index (χ4v) is 3.51. The Bertz CT molecular complexity index is 366. The molecule has 0 radical (unpaired) electrons. The van der Waals surface area contributed by atoms with Gasteiger partial charge in [-0.15, -0.1) is 6.58 Å². The second kappa shape index (κ2) is 6.53. The van der Waals surface area contributed by atoms with Crippen LogP contribution in [0.25, 0.3) is 0 Å². The summed E-state index contributed by atoms with van der Waals surface area (Å²) in [5, 5.41) is 7.56. The Morgan fingerprint density at radius 3 is 2.35 bits per heavy atom. The molecule has 0 spiro atoms. The molecule has 0 aromatic heterocycles. The summed E-state index contributed by atoms with van der Waals surface area (Å²) in [5.41, 5.74) is 0.0375. The molecule has 0 aromatic carbocycles. The van der Waals surface area contributed by atoms with Gasteiger partial charge < -0.3 is 14.9 Å². The Kier molecular flexibility index (Phi) is 5.51. The maximum Gasteiger partial charge on any atom is 0.308 e. The highest BCUT2D eigenvalue weighted by molar-refractivity contribution is 5.69. The lowest BCUT2D eigenvalue weighted by molar-refractivity contribution is -0.144. The predicted octanol–water partition coefficient (Wildman–Crippen LogP) is 2.92. The van der Waals surface area contributed by atoms with Gasteiger partial charge in [0.2, 0.25) is 0 Å². The van der Waals surface area contributed by atoms with Crippen molar-refractivity contribution in [1.29, 1.82) is 5.41 Å².